The summed E-state index contributed by atoms with van der Waals surface area (Å²) in [5, 5.41) is 13.9. The molecule has 0 radical (unpaired) electrons. The van der Waals surface area contributed by atoms with Gasteiger partial charge >= 0.3 is 0 Å². The van der Waals surface area contributed by atoms with Gasteiger partial charge in [-0.05, 0) is 54.7 Å². The molecule has 122 valence electrons. The molecule has 1 heterocycles. The average molecular weight is 315 g/mol. The minimum atomic E-state index is -0.674. The fourth-order valence-electron chi connectivity index (χ4n) is 3.23. The van der Waals surface area contributed by atoms with Crippen LogP contribution in [-0.2, 0) is 6.42 Å². The highest BCUT2D eigenvalue weighted by atomic mass is 19.1. The summed E-state index contributed by atoms with van der Waals surface area (Å²) in [5.74, 6) is 0.543. The molecule has 0 aromatic heterocycles. The molecule has 1 aliphatic rings. The van der Waals surface area contributed by atoms with Crippen molar-refractivity contribution in [2.45, 2.75) is 37.5 Å². The molecule has 4 heteroatoms. The number of halogens is 1. The Morgan fingerprint density at radius 2 is 2.00 bits per heavy atom. The largest absolute Gasteiger partial charge is 0.497 e. The number of ether oxygens (including phenoxy) is 1. The summed E-state index contributed by atoms with van der Waals surface area (Å²) < 4.78 is 18.5. The lowest BCUT2D eigenvalue weighted by Gasteiger charge is -2.20. The smallest absolute Gasteiger partial charge is 0.123 e. The lowest BCUT2D eigenvalue weighted by molar-refractivity contribution is 0.135. The van der Waals surface area contributed by atoms with E-state index in [1.807, 2.05) is 12.1 Å². The quantitative estimate of drug-likeness (QED) is 0.890. The maximum Gasteiger partial charge on any atom is 0.123 e. The second kappa shape index (κ2) is 7.11. The molecule has 0 amide bonds. The van der Waals surface area contributed by atoms with Gasteiger partial charge in [0.2, 0.25) is 0 Å². The number of benzene rings is 2. The number of hydrogen-bond acceptors (Lipinski definition) is 3. The van der Waals surface area contributed by atoms with Crippen LogP contribution in [0.15, 0.2) is 48.5 Å². The first-order chi connectivity index (χ1) is 11.2. The maximum atomic E-state index is 13.3. The van der Waals surface area contributed by atoms with Gasteiger partial charge in [0.15, 0.2) is 0 Å². The van der Waals surface area contributed by atoms with Crippen molar-refractivity contribution in [3.05, 3.63) is 65.5 Å². The fourth-order valence-corrected chi connectivity index (χ4v) is 3.23. The topological polar surface area (TPSA) is 41.5 Å². The van der Waals surface area contributed by atoms with Crippen molar-refractivity contribution in [2.75, 3.05) is 7.11 Å². The number of hydrogen-bond donors (Lipinski definition) is 2. The molecule has 0 unspecified atom stereocenters. The van der Waals surface area contributed by atoms with Gasteiger partial charge in [0.05, 0.1) is 13.2 Å². The van der Waals surface area contributed by atoms with Gasteiger partial charge in [0, 0.05) is 12.1 Å². The predicted molar refractivity (Wildman–Crippen MR) is 88.0 cm³/mol. The number of aliphatic hydroxyl groups is 1. The van der Waals surface area contributed by atoms with Crippen LogP contribution in [0.2, 0.25) is 0 Å². The number of nitrogens with one attached hydrogen (secondary N) is 1. The summed E-state index contributed by atoms with van der Waals surface area (Å²) in [6, 6.07) is 14.6. The van der Waals surface area contributed by atoms with Gasteiger partial charge in [0.25, 0.3) is 0 Å². The Morgan fingerprint density at radius 3 is 2.70 bits per heavy atom. The molecule has 2 aromatic rings. The number of aliphatic hydroxyl groups excluding tert-OH is 1. The zero-order chi connectivity index (χ0) is 16.2. The maximum absolute atomic E-state index is 13.3. The summed E-state index contributed by atoms with van der Waals surface area (Å²) >= 11 is 0. The molecular weight excluding hydrogens is 293 g/mol. The van der Waals surface area contributed by atoms with E-state index in [0.717, 1.165) is 25.0 Å². The molecule has 1 fully saturated rings. The molecule has 0 aliphatic carbocycles. The van der Waals surface area contributed by atoms with E-state index in [1.54, 1.807) is 19.2 Å². The molecule has 3 atom stereocenters. The molecule has 3 nitrogen and oxygen atoms in total. The summed E-state index contributed by atoms with van der Waals surface area (Å²) in [6.07, 6.45) is 2.13. The lowest BCUT2D eigenvalue weighted by Crippen LogP contribution is -2.35. The molecule has 1 saturated heterocycles. The first-order valence-corrected chi connectivity index (χ1v) is 7.98. The van der Waals surface area contributed by atoms with E-state index >= 15 is 0 Å². The van der Waals surface area contributed by atoms with Gasteiger partial charge in [-0.15, -0.1) is 0 Å². The number of rotatable bonds is 5. The second-order valence-corrected chi connectivity index (χ2v) is 6.10. The van der Waals surface area contributed by atoms with Crippen LogP contribution in [-0.4, -0.2) is 24.3 Å². The Bertz CT molecular complexity index is 644. The molecule has 0 saturated carbocycles. The Labute approximate surface area is 136 Å². The first-order valence-electron chi connectivity index (χ1n) is 7.98. The minimum absolute atomic E-state index is 0.0277. The third-order valence-corrected chi connectivity index (χ3v) is 4.49. The van der Waals surface area contributed by atoms with Gasteiger partial charge in [0.1, 0.15) is 11.6 Å². The molecule has 1 aliphatic heterocycles. The van der Waals surface area contributed by atoms with Crippen LogP contribution in [0.1, 0.15) is 30.1 Å². The summed E-state index contributed by atoms with van der Waals surface area (Å²) in [6.45, 7) is 0. The highest BCUT2D eigenvalue weighted by Gasteiger charge is 2.30. The van der Waals surface area contributed by atoms with Gasteiger partial charge in [-0.3, -0.25) is 0 Å². The van der Waals surface area contributed by atoms with E-state index in [9.17, 15) is 9.50 Å². The molecule has 23 heavy (non-hydrogen) atoms. The fraction of sp³-hybridized carbons (Fsp3) is 0.368. The summed E-state index contributed by atoms with van der Waals surface area (Å²) in [7, 11) is 1.66. The van der Waals surface area contributed by atoms with Gasteiger partial charge < -0.3 is 15.2 Å². The van der Waals surface area contributed by atoms with Crippen molar-refractivity contribution in [2.24, 2.45) is 0 Å². The number of methoxy groups -OCH3 is 1. The Hall–Kier alpha value is -1.91. The van der Waals surface area contributed by atoms with Crippen LogP contribution in [0.3, 0.4) is 0 Å². The molecule has 2 N–H and O–H groups in total. The van der Waals surface area contributed by atoms with Crippen LogP contribution >= 0.6 is 0 Å². The van der Waals surface area contributed by atoms with Crippen LogP contribution in [0.4, 0.5) is 4.39 Å². The van der Waals surface area contributed by atoms with Crippen LogP contribution < -0.4 is 10.1 Å². The van der Waals surface area contributed by atoms with Crippen molar-refractivity contribution in [3.63, 3.8) is 0 Å². The first kappa shape index (κ1) is 16.0. The summed E-state index contributed by atoms with van der Waals surface area (Å²) in [4.78, 5) is 0. The van der Waals surface area contributed by atoms with E-state index in [1.165, 1.54) is 17.7 Å². The van der Waals surface area contributed by atoms with Crippen molar-refractivity contribution in [1.82, 2.24) is 5.32 Å². The van der Waals surface area contributed by atoms with Gasteiger partial charge in [-0.25, -0.2) is 4.39 Å². The Morgan fingerprint density at radius 1 is 1.22 bits per heavy atom. The van der Waals surface area contributed by atoms with E-state index in [4.69, 9.17) is 4.74 Å². The molecule has 0 bridgehead atoms. The third kappa shape index (κ3) is 3.89. The SMILES string of the molecule is COc1ccc(C[C@@H]2CC[C@H]([C@H](O)c3cccc(F)c3)N2)cc1. The monoisotopic (exact) mass is 315 g/mol. The van der Waals surface area contributed by atoms with Crippen LogP contribution in [0.5, 0.6) is 5.75 Å². The Kier molecular flexibility index (Phi) is 4.94. The van der Waals surface area contributed by atoms with E-state index in [-0.39, 0.29) is 11.9 Å². The van der Waals surface area contributed by atoms with Crippen molar-refractivity contribution < 1.29 is 14.2 Å². The van der Waals surface area contributed by atoms with Gasteiger partial charge in [-0.2, -0.15) is 0 Å². The average Bonchev–Trinajstić information content (AvgIpc) is 3.03. The highest BCUT2D eigenvalue weighted by Crippen LogP contribution is 2.27. The summed E-state index contributed by atoms with van der Waals surface area (Å²) in [5.41, 5.74) is 1.87. The molecule has 3 rings (SSSR count). The minimum Gasteiger partial charge on any atom is -0.497 e. The zero-order valence-electron chi connectivity index (χ0n) is 13.2. The van der Waals surface area contributed by atoms with Crippen molar-refractivity contribution in [3.8, 4) is 5.75 Å². The van der Waals surface area contributed by atoms with Crippen molar-refractivity contribution in [1.29, 1.82) is 0 Å². The molecular formula is C19H22FNO2. The zero-order valence-corrected chi connectivity index (χ0v) is 13.2. The Balaban J connectivity index is 1.59. The standard InChI is InChI=1S/C19H22FNO2/c1-23-17-8-5-13(6-9-17)11-16-7-10-18(21-16)19(22)14-3-2-4-15(20)12-14/h2-6,8-9,12,16,18-19,21-22H,7,10-11H2,1H3/t16-,18+,19+/m0/s1. The predicted octanol–water partition coefficient (Wildman–Crippen LogP) is 3.23. The third-order valence-electron chi connectivity index (χ3n) is 4.49. The van der Waals surface area contributed by atoms with E-state index < -0.39 is 6.10 Å². The van der Waals surface area contributed by atoms with Gasteiger partial charge in [-0.1, -0.05) is 24.3 Å². The lowest BCUT2D eigenvalue weighted by atomic mass is 10.0. The van der Waals surface area contributed by atoms with E-state index in [2.05, 4.69) is 17.4 Å². The normalized spacial score (nSPS) is 22.0. The van der Waals surface area contributed by atoms with Crippen LogP contribution in [0.25, 0.3) is 0 Å². The van der Waals surface area contributed by atoms with E-state index in [0.29, 0.717) is 11.6 Å². The van der Waals surface area contributed by atoms with Crippen LogP contribution in [0, 0.1) is 5.82 Å². The molecule has 0 spiro atoms. The van der Waals surface area contributed by atoms with Crippen molar-refractivity contribution >= 4 is 0 Å². The highest BCUT2D eigenvalue weighted by molar-refractivity contribution is 5.28. The second-order valence-electron chi connectivity index (χ2n) is 6.10. The molecule has 2 aromatic carbocycles.